The lowest BCUT2D eigenvalue weighted by Gasteiger charge is -2.09. The van der Waals surface area contributed by atoms with Crippen LogP contribution in [0.5, 0.6) is 0 Å². The van der Waals surface area contributed by atoms with Gasteiger partial charge in [0.2, 0.25) is 0 Å². The van der Waals surface area contributed by atoms with E-state index < -0.39 is 6.04 Å². The Morgan fingerprint density at radius 2 is 2.14 bits per heavy atom. The van der Waals surface area contributed by atoms with Gasteiger partial charge in [0.25, 0.3) is 0 Å². The van der Waals surface area contributed by atoms with Crippen molar-refractivity contribution in [3.63, 3.8) is 0 Å². The van der Waals surface area contributed by atoms with Crippen LogP contribution in [0.2, 0.25) is 0 Å². The monoisotopic (exact) mass is 193 g/mol. The third-order valence-corrected chi connectivity index (χ3v) is 2.18. The molecule has 1 aromatic rings. The van der Waals surface area contributed by atoms with Gasteiger partial charge in [0.15, 0.2) is 5.78 Å². The summed E-state index contributed by atoms with van der Waals surface area (Å²) < 4.78 is 0. The smallest absolute Gasteiger partial charge is 0.182 e. The Bertz CT molecular complexity index is 347. The Balaban J connectivity index is 3.02. The molecule has 0 spiro atoms. The van der Waals surface area contributed by atoms with Crippen molar-refractivity contribution >= 4 is 5.78 Å². The number of nitrogens with two attached hydrogens (primary N) is 1. The molecular formula is C11H15NO2. The Morgan fingerprint density at radius 3 is 2.64 bits per heavy atom. The van der Waals surface area contributed by atoms with Crippen LogP contribution in [0.15, 0.2) is 18.2 Å². The number of benzene rings is 1. The molecule has 0 bridgehead atoms. The fourth-order valence-corrected chi connectivity index (χ4v) is 1.37. The number of aliphatic hydroxyl groups is 1. The maximum absolute atomic E-state index is 11.6. The van der Waals surface area contributed by atoms with E-state index in [1.165, 1.54) is 0 Å². The van der Waals surface area contributed by atoms with Gasteiger partial charge < -0.3 is 10.8 Å². The van der Waals surface area contributed by atoms with Crippen LogP contribution in [0.25, 0.3) is 0 Å². The number of hydrogen-bond acceptors (Lipinski definition) is 3. The van der Waals surface area contributed by atoms with Crippen LogP contribution in [0.1, 0.15) is 21.5 Å². The first-order valence-corrected chi connectivity index (χ1v) is 4.54. The van der Waals surface area contributed by atoms with E-state index in [4.69, 9.17) is 10.8 Å². The first-order valence-electron chi connectivity index (χ1n) is 4.54. The Hall–Kier alpha value is -1.19. The summed E-state index contributed by atoms with van der Waals surface area (Å²) >= 11 is 0. The maximum Gasteiger partial charge on any atom is 0.182 e. The second-order valence-electron chi connectivity index (χ2n) is 3.47. The molecule has 0 saturated heterocycles. The van der Waals surface area contributed by atoms with Gasteiger partial charge in [-0.25, -0.2) is 0 Å². The number of ketones is 1. The molecule has 3 heteroatoms. The van der Waals surface area contributed by atoms with Crippen LogP contribution in [-0.4, -0.2) is 23.5 Å². The molecule has 76 valence electrons. The molecule has 0 aromatic heterocycles. The predicted molar refractivity (Wildman–Crippen MR) is 55.3 cm³/mol. The summed E-state index contributed by atoms with van der Waals surface area (Å²) in [6.07, 6.45) is 0. The van der Waals surface area contributed by atoms with E-state index >= 15 is 0 Å². The molecule has 1 rings (SSSR count). The molecule has 0 saturated carbocycles. The van der Waals surface area contributed by atoms with Crippen molar-refractivity contribution in [1.29, 1.82) is 0 Å². The first-order chi connectivity index (χ1) is 6.56. The summed E-state index contributed by atoms with van der Waals surface area (Å²) in [4.78, 5) is 11.6. The number of Topliss-reactive ketones (excluding diaryl/α,β-unsaturated/α-hetero) is 1. The largest absolute Gasteiger partial charge is 0.394 e. The standard InChI is InChI=1S/C11H15NO2/c1-7-3-4-9(8(2)5-7)11(14)10(12)6-13/h3-5,10,13H,6,12H2,1-2H3. The fourth-order valence-electron chi connectivity index (χ4n) is 1.37. The van der Waals surface area contributed by atoms with Gasteiger partial charge >= 0.3 is 0 Å². The third-order valence-electron chi connectivity index (χ3n) is 2.18. The van der Waals surface area contributed by atoms with Crippen LogP contribution in [-0.2, 0) is 0 Å². The van der Waals surface area contributed by atoms with Crippen LogP contribution in [0.3, 0.4) is 0 Å². The number of carbonyl (C=O) groups excluding carboxylic acids is 1. The number of aryl methyl sites for hydroxylation is 2. The third kappa shape index (κ3) is 2.19. The van der Waals surface area contributed by atoms with Crippen molar-refractivity contribution in [3.8, 4) is 0 Å². The minimum atomic E-state index is -0.809. The average molecular weight is 193 g/mol. The normalized spacial score (nSPS) is 12.6. The maximum atomic E-state index is 11.6. The molecule has 3 nitrogen and oxygen atoms in total. The fraction of sp³-hybridized carbons (Fsp3) is 0.364. The lowest BCUT2D eigenvalue weighted by atomic mass is 9.99. The number of aliphatic hydroxyl groups excluding tert-OH is 1. The van der Waals surface area contributed by atoms with Crippen LogP contribution >= 0.6 is 0 Å². The highest BCUT2D eigenvalue weighted by Crippen LogP contribution is 2.12. The lowest BCUT2D eigenvalue weighted by Crippen LogP contribution is -2.34. The van der Waals surface area contributed by atoms with Crippen molar-refractivity contribution < 1.29 is 9.90 Å². The molecule has 0 heterocycles. The van der Waals surface area contributed by atoms with Crippen LogP contribution in [0.4, 0.5) is 0 Å². The van der Waals surface area contributed by atoms with Gasteiger partial charge in [-0.15, -0.1) is 0 Å². The van der Waals surface area contributed by atoms with Crippen molar-refractivity contribution in [2.75, 3.05) is 6.61 Å². The van der Waals surface area contributed by atoms with Gasteiger partial charge in [0.1, 0.15) is 0 Å². The summed E-state index contributed by atoms with van der Waals surface area (Å²) in [7, 11) is 0. The second kappa shape index (κ2) is 4.35. The van der Waals surface area contributed by atoms with Crippen molar-refractivity contribution in [2.24, 2.45) is 5.73 Å². The minimum Gasteiger partial charge on any atom is -0.394 e. The van der Waals surface area contributed by atoms with E-state index in [0.717, 1.165) is 11.1 Å². The molecule has 0 aliphatic rings. The van der Waals surface area contributed by atoms with E-state index in [1.54, 1.807) is 6.07 Å². The molecule has 0 fully saturated rings. The second-order valence-corrected chi connectivity index (χ2v) is 3.47. The van der Waals surface area contributed by atoms with Crippen LogP contribution < -0.4 is 5.73 Å². The van der Waals surface area contributed by atoms with Gasteiger partial charge in [-0.05, 0) is 19.4 Å². The van der Waals surface area contributed by atoms with Crippen molar-refractivity contribution in [2.45, 2.75) is 19.9 Å². The molecule has 1 aromatic carbocycles. The number of hydrogen-bond donors (Lipinski definition) is 2. The van der Waals surface area contributed by atoms with Gasteiger partial charge in [0, 0.05) is 5.56 Å². The highest BCUT2D eigenvalue weighted by Gasteiger charge is 2.16. The van der Waals surface area contributed by atoms with E-state index in [2.05, 4.69) is 0 Å². The Kier molecular flexibility index (Phi) is 3.38. The lowest BCUT2D eigenvalue weighted by molar-refractivity contribution is 0.0925. The van der Waals surface area contributed by atoms with Crippen molar-refractivity contribution in [1.82, 2.24) is 0 Å². The minimum absolute atomic E-state index is 0.204. The SMILES string of the molecule is Cc1ccc(C(=O)C(N)CO)c(C)c1. The number of carbonyl (C=O) groups is 1. The van der Waals surface area contributed by atoms with Gasteiger partial charge in [-0.2, -0.15) is 0 Å². The molecule has 0 amide bonds. The average Bonchev–Trinajstić information content (AvgIpc) is 2.15. The molecule has 0 radical (unpaired) electrons. The first kappa shape index (κ1) is 10.9. The highest BCUT2D eigenvalue weighted by atomic mass is 16.3. The van der Waals surface area contributed by atoms with Crippen LogP contribution in [0, 0.1) is 13.8 Å². The molecule has 0 aliphatic carbocycles. The Labute approximate surface area is 83.6 Å². The number of rotatable bonds is 3. The zero-order valence-electron chi connectivity index (χ0n) is 8.45. The molecule has 3 N–H and O–H groups in total. The summed E-state index contributed by atoms with van der Waals surface area (Å²) in [5.74, 6) is -0.204. The van der Waals surface area contributed by atoms with E-state index in [0.29, 0.717) is 5.56 Å². The summed E-state index contributed by atoms with van der Waals surface area (Å²) in [6.45, 7) is 3.52. The topological polar surface area (TPSA) is 63.3 Å². The van der Waals surface area contributed by atoms with Gasteiger partial charge in [0.05, 0.1) is 12.6 Å². The van der Waals surface area contributed by atoms with E-state index in [1.807, 2.05) is 26.0 Å². The summed E-state index contributed by atoms with van der Waals surface area (Å²) in [5.41, 5.74) is 8.06. The van der Waals surface area contributed by atoms with E-state index in [9.17, 15) is 4.79 Å². The molecule has 1 atom stereocenters. The van der Waals surface area contributed by atoms with Gasteiger partial charge in [-0.3, -0.25) is 4.79 Å². The zero-order valence-corrected chi connectivity index (χ0v) is 8.45. The quantitative estimate of drug-likeness (QED) is 0.698. The van der Waals surface area contributed by atoms with Gasteiger partial charge in [-0.1, -0.05) is 23.8 Å². The van der Waals surface area contributed by atoms with E-state index in [-0.39, 0.29) is 12.4 Å². The van der Waals surface area contributed by atoms with Crippen molar-refractivity contribution in [3.05, 3.63) is 34.9 Å². The molecule has 14 heavy (non-hydrogen) atoms. The molecular weight excluding hydrogens is 178 g/mol. The molecule has 1 unspecified atom stereocenters. The Morgan fingerprint density at radius 1 is 1.50 bits per heavy atom. The predicted octanol–water partition coefficient (Wildman–Crippen LogP) is 0.806. The summed E-state index contributed by atoms with van der Waals surface area (Å²) in [6, 6.07) is 4.74. The zero-order chi connectivity index (χ0) is 10.7. The summed E-state index contributed by atoms with van der Waals surface area (Å²) in [5, 5.41) is 8.77. The highest BCUT2D eigenvalue weighted by molar-refractivity contribution is 6.01. The molecule has 0 aliphatic heterocycles.